The molecule has 1 unspecified atom stereocenters. The molecule has 0 saturated heterocycles. The van der Waals surface area contributed by atoms with Crippen molar-refractivity contribution in [3.8, 4) is 0 Å². The fraction of sp³-hybridized carbons (Fsp3) is 0.929. The third-order valence-electron chi connectivity index (χ3n) is 2.51. The zero-order valence-electron chi connectivity index (χ0n) is 13.1. The molecule has 0 spiro atoms. The number of carbonyl (C=O) groups is 1. The molecule has 5 nitrogen and oxygen atoms in total. The van der Waals surface area contributed by atoms with Crippen LogP contribution in [0, 0.1) is 0 Å². The van der Waals surface area contributed by atoms with E-state index in [-0.39, 0.29) is 12.5 Å². The summed E-state index contributed by atoms with van der Waals surface area (Å²) in [4.78, 5) is 12.8. The van der Waals surface area contributed by atoms with Gasteiger partial charge in [0.25, 0.3) is 0 Å². The first kappa shape index (κ1) is 20.7. The Hall–Kier alpha value is -0.650. The molecule has 0 aromatic rings. The van der Waals surface area contributed by atoms with E-state index in [0.717, 1.165) is 6.42 Å². The summed E-state index contributed by atoms with van der Waals surface area (Å²) in [6.07, 6.45) is 2.79. The quantitative estimate of drug-likeness (QED) is 0.652. The number of aliphatic hydroxyl groups is 1. The fourth-order valence-electron chi connectivity index (χ4n) is 1.28. The molecule has 19 heavy (non-hydrogen) atoms. The van der Waals surface area contributed by atoms with Crippen LogP contribution in [-0.2, 0) is 14.3 Å². The number of ether oxygens (including phenoxy) is 2. The molecule has 0 bridgehead atoms. The van der Waals surface area contributed by atoms with E-state index in [1.54, 1.807) is 12.0 Å². The summed E-state index contributed by atoms with van der Waals surface area (Å²) < 4.78 is 9.70. The molecule has 0 heterocycles. The van der Waals surface area contributed by atoms with Crippen molar-refractivity contribution in [1.82, 2.24) is 4.90 Å². The van der Waals surface area contributed by atoms with Crippen LogP contribution in [0.3, 0.4) is 0 Å². The lowest BCUT2D eigenvalue weighted by Gasteiger charge is -2.23. The van der Waals surface area contributed by atoms with E-state index in [1.807, 2.05) is 0 Å². The summed E-state index contributed by atoms with van der Waals surface area (Å²) in [6, 6.07) is 0. The van der Waals surface area contributed by atoms with Gasteiger partial charge in [0.15, 0.2) is 0 Å². The second-order valence-corrected chi connectivity index (χ2v) is 4.42. The maximum atomic E-state index is 11.2. The van der Waals surface area contributed by atoms with Crippen molar-refractivity contribution < 1.29 is 19.4 Å². The molecule has 1 amide bonds. The zero-order chi connectivity index (χ0) is 15.1. The highest BCUT2D eigenvalue weighted by Crippen LogP contribution is 1.97. The van der Waals surface area contributed by atoms with Gasteiger partial charge in [-0.1, -0.05) is 26.7 Å². The normalized spacial score (nSPS) is 11.5. The summed E-state index contributed by atoms with van der Waals surface area (Å²) in [5.74, 6) is -0.0405. The number of nitrogens with zero attached hydrogens (tertiary/aromatic N) is 1. The monoisotopic (exact) mass is 277 g/mol. The lowest BCUT2D eigenvalue weighted by atomic mass is 10.3. The van der Waals surface area contributed by atoms with Crippen molar-refractivity contribution in [2.24, 2.45) is 0 Å². The number of unbranched alkanes of at least 4 members (excludes halogenated alkanes) is 1. The van der Waals surface area contributed by atoms with Crippen LogP contribution in [0.25, 0.3) is 0 Å². The van der Waals surface area contributed by atoms with Crippen molar-refractivity contribution in [3.63, 3.8) is 0 Å². The van der Waals surface area contributed by atoms with Crippen LogP contribution in [-0.4, -0.2) is 62.5 Å². The van der Waals surface area contributed by atoms with Crippen molar-refractivity contribution in [2.75, 3.05) is 40.5 Å². The smallest absolute Gasteiger partial charge is 0.219 e. The van der Waals surface area contributed by atoms with Crippen LogP contribution in [0.1, 0.15) is 40.0 Å². The Balaban J connectivity index is 0. The summed E-state index contributed by atoms with van der Waals surface area (Å²) in [6.45, 7) is 7.63. The summed E-state index contributed by atoms with van der Waals surface area (Å²) >= 11 is 0. The topological polar surface area (TPSA) is 59.0 Å². The Morgan fingerprint density at radius 2 is 1.79 bits per heavy atom. The first-order chi connectivity index (χ1) is 9.03. The standard InChI is InChI=1S/C10H21NO4.C4H10/c1-9(12)11(5-4-6-14-2)7-10(13)8-15-3;1-3-4-2/h10,13H,4-8H2,1-3H3;3-4H2,1-2H3. The van der Waals surface area contributed by atoms with Gasteiger partial charge >= 0.3 is 0 Å². The fourth-order valence-corrected chi connectivity index (χ4v) is 1.28. The van der Waals surface area contributed by atoms with E-state index in [4.69, 9.17) is 9.47 Å². The van der Waals surface area contributed by atoms with E-state index in [1.165, 1.54) is 26.9 Å². The largest absolute Gasteiger partial charge is 0.389 e. The number of methoxy groups -OCH3 is 2. The Bertz CT molecular complexity index is 198. The molecule has 0 rings (SSSR count). The molecule has 0 aliphatic rings. The molecule has 0 aromatic carbocycles. The van der Waals surface area contributed by atoms with Crippen LogP contribution in [0.2, 0.25) is 0 Å². The minimum Gasteiger partial charge on any atom is -0.389 e. The number of aliphatic hydroxyl groups excluding tert-OH is 1. The molecule has 0 aliphatic heterocycles. The van der Waals surface area contributed by atoms with E-state index in [9.17, 15) is 9.90 Å². The average molecular weight is 277 g/mol. The van der Waals surface area contributed by atoms with Gasteiger partial charge in [0.05, 0.1) is 12.7 Å². The third-order valence-corrected chi connectivity index (χ3v) is 2.51. The highest BCUT2D eigenvalue weighted by atomic mass is 16.5. The van der Waals surface area contributed by atoms with Crippen molar-refractivity contribution in [3.05, 3.63) is 0 Å². The van der Waals surface area contributed by atoms with E-state index >= 15 is 0 Å². The van der Waals surface area contributed by atoms with Gasteiger partial charge < -0.3 is 19.5 Å². The molecule has 5 heteroatoms. The van der Waals surface area contributed by atoms with Gasteiger partial charge in [-0.15, -0.1) is 0 Å². The van der Waals surface area contributed by atoms with Crippen LogP contribution < -0.4 is 0 Å². The number of amides is 1. The number of hydrogen-bond acceptors (Lipinski definition) is 4. The van der Waals surface area contributed by atoms with E-state index < -0.39 is 6.10 Å². The van der Waals surface area contributed by atoms with Gasteiger partial charge in [0, 0.05) is 40.8 Å². The molecule has 0 saturated carbocycles. The summed E-state index contributed by atoms with van der Waals surface area (Å²) in [5.41, 5.74) is 0. The molecule has 0 radical (unpaired) electrons. The van der Waals surface area contributed by atoms with Gasteiger partial charge in [-0.25, -0.2) is 0 Å². The number of rotatable bonds is 9. The molecule has 116 valence electrons. The first-order valence-electron chi connectivity index (χ1n) is 6.94. The van der Waals surface area contributed by atoms with Crippen LogP contribution >= 0.6 is 0 Å². The van der Waals surface area contributed by atoms with Crippen molar-refractivity contribution in [1.29, 1.82) is 0 Å². The zero-order valence-corrected chi connectivity index (χ0v) is 13.1. The highest BCUT2D eigenvalue weighted by molar-refractivity contribution is 5.73. The summed E-state index contributed by atoms with van der Waals surface area (Å²) in [7, 11) is 3.14. The molecular formula is C14H31NO4. The van der Waals surface area contributed by atoms with E-state index in [2.05, 4.69) is 13.8 Å². The van der Waals surface area contributed by atoms with Gasteiger partial charge in [0.2, 0.25) is 5.91 Å². The van der Waals surface area contributed by atoms with E-state index in [0.29, 0.717) is 19.7 Å². The number of hydrogen-bond donors (Lipinski definition) is 1. The number of carbonyl (C=O) groups excluding carboxylic acids is 1. The average Bonchev–Trinajstić information content (AvgIpc) is 2.38. The Labute approximate surface area is 117 Å². The second-order valence-electron chi connectivity index (χ2n) is 4.42. The minimum absolute atomic E-state index is 0.0405. The van der Waals surface area contributed by atoms with Gasteiger partial charge in [-0.2, -0.15) is 0 Å². The predicted octanol–water partition coefficient (Wildman–Crippen LogP) is 1.69. The highest BCUT2D eigenvalue weighted by Gasteiger charge is 2.13. The van der Waals surface area contributed by atoms with Gasteiger partial charge in [-0.05, 0) is 6.42 Å². The Kier molecular flexibility index (Phi) is 16.8. The molecule has 0 aliphatic carbocycles. The second kappa shape index (κ2) is 15.4. The van der Waals surface area contributed by atoms with Crippen molar-refractivity contribution >= 4 is 5.91 Å². The lowest BCUT2D eigenvalue weighted by molar-refractivity contribution is -0.130. The maximum absolute atomic E-state index is 11.2. The van der Waals surface area contributed by atoms with Crippen LogP contribution in [0.4, 0.5) is 0 Å². The molecular weight excluding hydrogens is 246 g/mol. The van der Waals surface area contributed by atoms with Crippen molar-refractivity contribution in [2.45, 2.75) is 46.1 Å². The van der Waals surface area contributed by atoms with Crippen LogP contribution in [0.5, 0.6) is 0 Å². The lowest BCUT2D eigenvalue weighted by Crippen LogP contribution is -2.38. The van der Waals surface area contributed by atoms with Gasteiger partial charge in [-0.3, -0.25) is 4.79 Å². The Morgan fingerprint density at radius 1 is 1.21 bits per heavy atom. The molecule has 0 aromatic heterocycles. The molecule has 1 atom stereocenters. The molecule has 0 fully saturated rings. The van der Waals surface area contributed by atoms with Crippen LogP contribution in [0.15, 0.2) is 0 Å². The minimum atomic E-state index is -0.624. The summed E-state index contributed by atoms with van der Waals surface area (Å²) in [5, 5.41) is 9.47. The van der Waals surface area contributed by atoms with Gasteiger partial charge in [0.1, 0.15) is 0 Å². The maximum Gasteiger partial charge on any atom is 0.219 e. The SMILES string of the molecule is CCCC.COCCCN(CC(O)COC)C(C)=O. The predicted molar refractivity (Wildman–Crippen MR) is 77.2 cm³/mol. The Morgan fingerprint density at radius 3 is 2.16 bits per heavy atom. The molecule has 1 N–H and O–H groups in total. The third kappa shape index (κ3) is 15.3. The first-order valence-corrected chi connectivity index (χ1v) is 6.94.